The second kappa shape index (κ2) is 5.31. The van der Waals surface area contributed by atoms with E-state index in [2.05, 4.69) is 11.7 Å². The summed E-state index contributed by atoms with van der Waals surface area (Å²) in [6, 6.07) is 0.0512. The fourth-order valence-corrected chi connectivity index (χ4v) is 1.60. The summed E-state index contributed by atoms with van der Waals surface area (Å²) in [5.41, 5.74) is 0. The Balaban J connectivity index is 2.34. The summed E-state index contributed by atoms with van der Waals surface area (Å²) in [5.74, 6) is 0.136. The molecule has 1 saturated heterocycles. The molecule has 2 heteroatoms. The van der Waals surface area contributed by atoms with Crippen LogP contribution < -0.4 is 5.32 Å². The van der Waals surface area contributed by atoms with E-state index in [-0.39, 0.29) is 11.8 Å². The van der Waals surface area contributed by atoms with Crippen LogP contribution in [0.3, 0.4) is 0 Å². The van der Waals surface area contributed by atoms with E-state index in [1.165, 1.54) is 25.7 Å². The van der Waals surface area contributed by atoms with E-state index >= 15 is 0 Å². The number of carbonyl (C=O) groups is 1. The number of hydrogen-bond donors (Lipinski definition) is 1. The van der Waals surface area contributed by atoms with Crippen molar-refractivity contribution in [2.75, 3.05) is 6.54 Å². The van der Waals surface area contributed by atoms with Gasteiger partial charge in [-0.1, -0.05) is 26.2 Å². The minimum atomic E-state index is 0.0512. The zero-order valence-corrected chi connectivity index (χ0v) is 7.73. The Kier molecular flexibility index (Phi) is 4.30. The van der Waals surface area contributed by atoms with Gasteiger partial charge in [0.15, 0.2) is 5.78 Å². The topological polar surface area (TPSA) is 29.1 Å². The Morgan fingerprint density at radius 3 is 2.83 bits per heavy atom. The first-order valence-electron chi connectivity index (χ1n) is 4.79. The van der Waals surface area contributed by atoms with Gasteiger partial charge in [0, 0.05) is 0 Å². The summed E-state index contributed by atoms with van der Waals surface area (Å²) >= 11 is 0. The number of ketones is 1. The lowest BCUT2D eigenvalue weighted by atomic mass is 10.00. The molecule has 0 saturated carbocycles. The molecule has 0 aromatic carbocycles. The number of rotatable bonds is 2. The standard InChI is InChI=1S/C10H17NO/c1-2-10(12)9-7-5-3-4-6-8-11-9/h9,11H,3-8H2,1H3. The largest absolute Gasteiger partial charge is 0.307 e. The van der Waals surface area contributed by atoms with Crippen LogP contribution >= 0.6 is 0 Å². The maximum atomic E-state index is 11.3. The van der Waals surface area contributed by atoms with Gasteiger partial charge in [-0.15, -0.1) is 0 Å². The maximum absolute atomic E-state index is 11.3. The summed E-state index contributed by atoms with van der Waals surface area (Å²) in [4.78, 5) is 11.3. The zero-order valence-electron chi connectivity index (χ0n) is 7.73. The molecule has 0 spiro atoms. The van der Waals surface area contributed by atoms with Crippen molar-refractivity contribution < 1.29 is 4.79 Å². The highest BCUT2D eigenvalue weighted by Gasteiger charge is 2.16. The first-order chi connectivity index (χ1) is 5.84. The molecule has 1 aliphatic rings. The summed E-state index contributed by atoms with van der Waals surface area (Å²) < 4.78 is 0. The monoisotopic (exact) mass is 167 g/mol. The molecule has 2 nitrogen and oxygen atoms in total. The van der Waals surface area contributed by atoms with E-state index in [1.54, 1.807) is 6.92 Å². The molecule has 12 heavy (non-hydrogen) atoms. The molecule has 1 aliphatic heterocycles. The Morgan fingerprint density at radius 2 is 2.08 bits per heavy atom. The lowest BCUT2D eigenvalue weighted by Crippen LogP contribution is -2.38. The first-order valence-corrected chi connectivity index (χ1v) is 4.79. The molecular weight excluding hydrogens is 150 g/mol. The van der Waals surface area contributed by atoms with Crippen molar-refractivity contribution in [3.8, 4) is 0 Å². The Bertz CT molecular complexity index is 137. The van der Waals surface area contributed by atoms with Crippen LogP contribution in [0.5, 0.6) is 0 Å². The van der Waals surface area contributed by atoms with Crippen molar-refractivity contribution >= 4 is 5.78 Å². The van der Waals surface area contributed by atoms with Crippen LogP contribution in [-0.4, -0.2) is 18.4 Å². The molecule has 1 atom stereocenters. The normalized spacial score (nSPS) is 25.9. The Labute approximate surface area is 74.7 Å². The van der Waals surface area contributed by atoms with Crippen LogP contribution in [-0.2, 0) is 4.79 Å². The number of Topliss-reactive ketones (excluding diaryl/α,β-unsaturated/α-hetero) is 1. The van der Waals surface area contributed by atoms with Crippen LogP contribution in [0.25, 0.3) is 0 Å². The average Bonchev–Trinajstić information content (AvgIpc) is 2.02. The van der Waals surface area contributed by atoms with Gasteiger partial charge < -0.3 is 5.32 Å². The lowest BCUT2D eigenvalue weighted by molar-refractivity contribution is -0.118. The molecule has 1 heterocycles. The van der Waals surface area contributed by atoms with Crippen molar-refractivity contribution in [3.05, 3.63) is 6.42 Å². The molecule has 1 rings (SSSR count). The van der Waals surface area contributed by atoms with E-state index in [4.69, 9.17) is 0 Å². The van der Waals surface area contributed by atoms with E-state index in [0.717, 1.165) is 13.0 Å². The van der Waals surface area contributed by atoms with Gasteiger partial charge in [0.25, 0.3) is 0 Å². The van der Waals surface area contributed by atoms with Crippen LogP contribution in [0, 0.1) is 6.42 Å². The van der Waals surface area contributed by atoms with E-state index in [0.29, 0.717) is 0 Å². The number of carbonyl (C=O) groups excluding carboxylic acids is 1. The van der Waals surface area contributed by atoms with Gasteiger partial charge in [0.05, 0.1) is 12.5 Å². The van der Waals surface area contributed by atoms with E-state index < -0.39 is 0 Å². The van der Waals surface area contributed by atoms with E-state index in [1.807, 2.05) is 0 Å². The minimum absolute atomic E-state index is 0.0512. The maximum Gasteiger partial charge on any atom is 0.157 e. The summed E-state index contributed by atoms with van der Waals surface area (Å²) in [7, 11) is 0. The zero-order chi connectivity index (χ0) is 8.81. The molecule has 2 radical (unpaired) electrons. The van der Waals surface area contributed by atoms with Gasteiger partial charge in [-0.2, -0.15) is 0 Å². The molecule has 1 unspecified atom stereocenters. The third-order valence-electron chi connectivity index (χ3n) is 2.37. The van der Waals surface area contributed by atoms with Gasteiger partial charge >= 0.3 is 0 Å². The molecule has 0 aromatic heterocycles. The number of hydrogen-bond acceptors (Lipinski definition) is 2. The van der Waals surface area contributed by atoms with Crippen molar-refractivity contribution in [1.29, 1.82) is 0 Å². The fourth-order valence-electron chi connectivity index (χ4n) is 1.60. The van der Waals surface area contributed by atoms with Crippen molar-refractivity contribution in [2.24, 2.45) is 0 Å². The van der Waals surface area contributed by atoms with Gasteiger partial charge in [0.1, 0.15) is 0 Å². The van der Waals surface area contributed by atoms with Crippen LogP contribution in [0.4, 0.5) is 0 Å². The van der Waals surface area contributed by atoms with Crippen LogP contribution in [0.2, 0.25) is 0 Å². The van der Waals surface area contributed by atoms with Crippen molar-refractivity contribution in [2.45, 2.75) is 45.1 Å². The molecule has 0 aromatic rings. The summed E-state index contributed by atoms with van der Waals surface area (Å²) in [6.45, 7) is 2.68. The third-order valence-corrected chi connectivity index (χ3v) is 2.37. The molecular formula is C10H17NO. The predicted molar refractivity (Wildman–Crippen MR) is 48.8 cm³/mol. The second-order valence-corrected chi connectivity index (χ2v) is 3.32. The van der Waals surface area contributed by atoms with Crippen molar-refractivity contribution in [1.82, 2.24) is 5.32 Å². The highest BCUT2D eigenvalue weighted by Crippen LogP contribution is 2.10. The van der Waals surface area contributed by atoms with Crippen LogP contribution in [0.1, 0.15) is 39.0 Å². The molecule has 0 aliphatic carbocycles. The predicted octanol–water partition coefficient (Wildman–Crippen LogP) is 1.58. The minimum Gasteiger partial charge on any atom is -0.307 e. The fraction of sp³-hybridized carbons (Fsp3) is 0.800. The lowest BCUT2D eigenvalue weighted by Gasteiger charge is -2.19. The second-order valence-electron chi connectivity index (χ2n) is 3.32. The summed E-state index contributed by atoms with van der Waals surface area (Å²) in [6.07, 6.45) is 8.61. The van der Waals surface area contributed by atoms with Gasteiger partial charge in [0.2, 0.25) is 0 Å². The average molecular weight is 167 g/mol. The smallest absolute Gasteiger partial charge is 0.157 e. The molecule has 0 bridgehead atoms. The molecule has 1 N–H and O–H groups in total. The molecule has 1 fully saturated rings. The third kappa shape index (κ3) is 2.94. The van der Waals surface area contributed by atoms with Crippen molar-refractivity contribution in [3.63, 3.8) is 0 Å². The van der Waals surface area contributed by atoms with Crippen LogP contribution in [0.15, 0.2) is 0 Å². The first kappa shape index (κ1) is 9.72. The van der Waals surface area contributed by atoms with E-state index in [9.17, 15) is 4.79 Å². The molecule has 68 valence electrons. The van der Waals surface area contributed by atoms with Gasteiger partial charge in [-0.25, -0.2) is 0 Å². The summed E-state index contributed by atoms with van der Waals surface area (Å²) in [5, 5.41) is 3.26. The Hall–Kier alpha value is -0.370. The molecule has 0 amide bonds. The quantitative estimate of drug-likeness (QED) is 0.676. The van der Waals surface area contributed by atoms with Gasteiger partial charge in [-0.05, 0) is 19.4 Å². The highest BCUT2D eigenvalue weighted by molar-refractivity contribution is 5.91. The SMILES string of the molecule is C[C]C(=O)C1CCCCCCN1. The Morgan fingerprint density at radius 1 is 1.33 bits per heavy atom. The highest BCUT2D eigenvalue weighted by atomic mass is 16.1. The number of nitrogens with one attached hydrogen (secondary N) is 1. The van der Waals surface area contributed by atoms with Gasteiger partial charge in [-0.3, -0.25) is 4.79 Å².